The molecule has 0 aromatic heterocycles. The number of piperazine rings is 1. The van der Waals surface area contributed by atoms with Gasteiger partial charge in [-0.25, -0.2) is 0 Å². The maximum atomic E-state index is 12.7. The van der Waals surface area contributed by atoms with Crippen LogP contribution in [0.3, 0.4) is 0 Å². The van der Waals surface area contributed by atoms with Gasteiger partial charge < -0.3 is 15.1 Å². The second-order valence-electron chi connectivity index (χ2n) is 7.96. The van der Waals surface area contributed by atoms with Crippen LogP contribution in [-0.4, -0.2) is 42.9 Å². The van der Waals surface area contributed by atoms with E-state index in [9.17, 15) is 9.59 Å². The largest absolute Gasteiger partial charge is 0.368 e. The van der Waals surface area contributed by atoms with Crippen molar-refractivity contribution in [3.05, 3.63) is 24.3 Å². The number of rotatable bonds is 4. The van der Waals surface area contributed by atoms with Gasteiger partial charge in [0.15, 0.2) is 0 Å². The first kappa shape index (κ1) is 17.4. The Balaban J connectivity index is 1.28. The van der Waals surface area contributed by atoms with Crippen LogP contribution < -0.4 is 10.2 Å². The van der Waals surface area contributed by atoms with Gasteiger partial charge in [0.05, 0.1) is 0 Å². The van der Waals surface area contributed by atoms with Gasteiger partial charge in [-0.3, -0.25) is 9.59 Å². The zero-order valence-electron chi connectivity index (χ0n) is 15.5. The minimum absolute atomic E-state index is 0.146. The van der Waals surface area contributed by atoms with Crippen molar-refractivity contribution >= 4 is 23.2 Å². The molecule has 5 heteroatoms. The van der Waals surface area contributed by atoms with Gasteiger partial charge in [-0.2, -0.15) is 0 Å². The first-order valence-electron chi connectivity index (χ1n) is 10.2. The van der Waals surface area contributed by atoms with Gasteiger partial charge in [0.1, 0.15) is 0 Å². The molecular weight excluding hydrogens is 326 g/mol. The normalized spacial score (nSPS) is 21.5. The van der Waals surface area contributed by atoms with E-state index in [2.05, 4.69) is 27.2 Å². The zero-order valence-corrected chi connectivity index (χ0v) is 15.5. The van der Waals surface area contributed by atoms with Crippen molar-refractivity contribution in [2.24, 2.45) is 11.8 Å². The fourth-order valence-electron chi connectivity index (χ4n) is 4.14. The Morgan fingerprint density at radius 2 is 1.46 bits per heavy atom. The number of anilines is 2. The molecule has 5 nitrogen and oxygen atoms in total. The Labute approximate surface area is 155 Å². The van der Waals surface area contributed by atoms with E-state index < -0.39 is 0 Å². The Kier molecular flexibility index (Phi) is 5.14. The molecule has 26 heavy (non-hydrogen) atoms. The summed E-state index contributed by atoms with van der Waals surface area (Å²) in [6.07, 6.45) is 7.90. The maximum absolute atomic E-state index is 12.7. The molecule has 3 fully saturated rings. The van der Waals surface area contributed by atoms with Crippen LogP contribution >= 0.6 is 0 Å². The van der Waals surface area contributed by atoms with E-state index in [4.69, 9.17) is 0 Å². The molecule has 1 heterocycles. The van der Waals surface area contributed by atoms with E-state index in [-0.39, 0.29) is 17.7 Å². The van der Waals surface area contributed by atoms with Crippen LogP contribution in [0.4, 0.5) is 11.4 Å². The molecule has 0 atom stereocenters. The molecular formula is C21H29N3O2. The summed E-state index contributed by atoms with van der Waals surface area (Å²) >= 11 is 0. The quantitative estimate of drug-likeness (QED) is 0.902. The van der Waals surface area contributed by atoms with Gasteiger partial charge in [-0.15, -0.1) is 0 Å². The number of carbonyl (C=O) groups is 2. The Morgan fingerprint density at radius 1 is 0.808 bits per heavy atom. The summed E-state index contributed by atoms with van der Waals surface area (Å²) in [4.78, 5) is 28.9. The van der Waals surface area contributed by atoms with Gasteiger partial charge in [0, 0.05) is 49.4 Å². The molecule has 140 valence electrons. The molecule has 3 aliphatic rings. The Bertz CT molecular complexity index is 640. The summed E-state index contributed by atoms with van der Waals surface area (Å²) < 4.78 is 0. The first-order valence-corrected chi connectivity index (χ1v) is 10.2. The van der Waals surface area contributed by atoms with Crippen molar-refractivity contribution in [2.75, 3.05) is 36.4 Å². The molecule has 1 N–H and O–H groups in total. The van der Waals surface area contributed by atoms with Crippen LogP contribution in [0.25, 0.3) is 0 Å². The molecule has 1 saturated heterocycles. The fourth-order valence-corrected chi connectivity index (χ4v) is 4.14. The molecule has 1 aromatic carbocycles. The van der Waals surface area contributed by atoms with Crippen LogP contribution in [0.2, 0.25) is 0 Å². The molecule has 2 amide bonds. The monoisotopic (exact) mass is 355 g/mol. The predicted molar refractivity (Wildman–Crippen MR) is 103 cm³/mol. The molecule has 1 aliphatic heterocycles. The summed E-state index contributed by atoms with van der Waals surface area (Å²) in [5.74, 6) is 1.02. The van der Waals surface area contributed by atoms with Crippen molar-refractivity contribution in [1.82, 2.24) is 4.90 Å². The molecule has 2 aliphatic carbocycles. The third-order valence-corrected chi connectivity index (χ3v) is 5.99. The van der Waals surface area contributed by atoms with E-state index in [1.54, 1.807) is 0 Å². The SMILES string of the molecule is O=C(Nc1ccc(N2CCN(C(=O)C3CCCCC3)CC2)cc1)C1CC1. The number of nitrogens with one attached hydrogen (secondary N) is 1. The van der Waals surface area contributed by atoms with E-state index in [1.807, 2.05) is 12.1 Å². The van der Waals surface area contributed by atoms with Crippen LogP contribution in [0.5, 0.6) is 0 Å². The summed E-state index contributed by atoms with van der Waals surface area (Å²) in [5.41, 5.74) is 2.04. The predicted octanol–water partition coefficient (Wildman–Crippen LogP) is 3.26. The van der Waals surface area contributed by atoms with Crippen molar-refractivity contribution in [1.29, 1.82) is 0 Å². The maximum Gasteiger partial charge on any atom is 0.227 e. The van der Waals surface area contributed by atoms with Crippen LogP contribution in [-0.2, 0) is 9.59 Å². The highest BCUT2D eigenvalue weighted by Gasteiger charge is 2.30. The van der Waals surface area contributed by atoms with Crippen molar-refractivity contribution in [3.63, 3.8) is 0 Å². The molecule has 0 radical (unpaired) electrons. The average Bonchev–Trinajstić information content (AvgIpc) is 3.54. The smallest absolute Gasteiger partial charge is 0.227 e. The van der Waals surface area contributed by atoms with E-state index in [0.717, 1.165) is 57.5 Å². The van der Waals surface area contributed by atoms with Crippen molar-refractivity contribution in [3.8, 4) is 0 Å². The second-order valence-corrected chi connectivity index (χ2v) is 7.96. The standard InChI is InChI=1S/C21H29N3O2/c25-20(16-6-7-16)22-18-8-10-19(11-9-18)23-12-14-24(15-13-23)21(26)17-4-2-1-3-5-17/h8-11,16-17H,1-7,12-15H2,(H,22,25). The third kappa shape index (κ3) is 4.02. The lowest BCUT2D eigenvalue weighted by molar-refractivity contribution is -0.136. The summed E-state index contributed by atoms with van der Waals surface area (Å²) in [5, 5.41) is 2.98. The van der Waals surface area contributed by atoms with Crippen LogP contribution in [0.15, 0.2) is 24.3 Å². The number of hydrogen-bond donors (Lipinski definition) is 1. The van der Waals surface area contributed by atoms with Gasteiger partial charge in [0.2, 0.25) is 11.8 Å². The highest BCUT2D eigenvalue weighted by molar-refractivity contribution is 5.94. The zero-order chi connectivity index (χ0) is 17.9. The van der Waals surface area contributed by atoms with Crippen LogP contribution in [0, 0.1) is 11.8 Å². The lowest BCUT2D eigenvalue weighted by Crippen LogP contribution is -2.50. The van der Waals surface area contributed by atoms with Crippen molar-refractivity contribution in [2.45, 2.75) is 44.9 Å². The average molecular weight is 355 g/mol. The number of amides is 2. The molecule has 0 unspecified atom stereocenters. The molecule has 4 rings (SSSR count). The first-order chi connectivity index (χ1) is 12.7. The Hall–Kier alpha value is -2.04. The van der Waals surface area contributed by atoms with Gasteiger partial charge in [-0.1, -0.05) is 19.3 Å². The Morgan fingerprint density at radius 3 is 2.08 bits per heavy atom. The molecule has 1 aromatic rings. The number of carbonyl (C=O) groups excluding carboxylic acids is 2. The fraction of sp³-hybridized carbons (Fsp3) is 0.619. The second kappa shape index (κ2) is 7.68. The summed E-state index contributed by atoms with van der Waals surface area (Å²) in [6, 6.07) is 8.10. The number of hydrogen-bond acceptors (Lipinski definition) is 3. The number of benzene rings is 1. The van der Waals surface area contributed by atoms with E-state index in [1.165, 1.54) is 24.9 Å². The van der Waals surface area contributed by atoms with E-state index >= 15 is 0 Å². The van der Waals surface area contributed by atoms with Crippen molar-refractivity contribution < 1.29 is 9.59 Å². The lowest BCUT2D eigenvalue weighted by Gasteiger charge is -2.38. The number of nitrogens with zero attached hydrogens (tertiary/aromatic N) is 2. The highest BCUT2D eigenvalue weighted by atomic mass is 16.2. The van der Waals surface area contributed by atoms with Gasteiger partial charge in [0.25, 0.3) is 0 Å². The van der Waals surface area contributed by atoms with Crippen LogP contribution in [0.1, 0.15) is 44.9 Å². The minimum Gasteiger partial charge on any atom is -0.368 e. The van der Waals surface area contributed by atoms with E-state index in [0.29, 0.717) is 5.91 Å². The minimum atomic E-state index is 0.146. The molecule has 0 bridgehead atoms. The summed E-state index contributed by atoms with van der Waals surface area (Å²) in [6.45, 7) is 3.39. The third-order valence-electron chi connectivity index (χ3n) is 5.99. The molecule has 0 spiro atoms. The topological polar surface area (TPSA) is 52.7 Å². The van der Waals surface area contributed by atoms with Gasteiger partial charge >= 0.3 is 0 Å². The highest BCUT2D eigenvalue weighted by Crippen LogP contribution is 2.30. The summed E-state index contributed by atoms with van der Waals surface area (Å²) in [7, 11) is 0. The van der Waals surface area contributed by atoms with Gasteiger partial charge in [-0.05, 0) is 49.9 Å². The molecule has 2 saturated carbocycles. The lowest BCUT2D eigenvalue weighted by atomic mass is 9.88.